The number of likely N-dealkylation sites (tertiary alicyclic amines) is 1. The van der Waals surface area contributed by atoms with E-state index >= 15 is 0 Å². The number of nitrogens with zero attached hydrogens (tertiary/aromatic N) is 1. The minimum atomic E-state index is -0.602. The average Bonchev–Trinajstić information content (AvgIpc) is 2.80. The van der Waals surface area contributed by atoms with E-state index < -0.39 is 11.4 Å². The van der Waals surface area contributed by atoms with Crippen molar-refractivity contribution in [2.24, 2.45) is 22.7 Å². The number of carbonyl (C=O) groups is 1. The first kappa shape index (κ1) is 14.8. The van der Waals surface area contributed by atoms with Crippen molar-refractivity contribution in [3.63, 3.8) is 0 Å². The fourth-order valence-corrected chi connectivity index (χ4v) is 4.39. The van der Waals surface area contributed by atoms with Crippen LogP contribution in [0.3, 0.4) is 0 Å². The summed E-state index contributed by atoms with van der Waals surface area (Å²) in [6.07, 6.45) is 3.28. The van der Waals surface area contributed by atoms with Crippen LogP contribution in [0.5, 0.6) is 0 Å². The van der Waals surface area contributed by atoms with Gasteiger partial charge in [0.05, 0.1) is 5.41 Å². The molecule has 0 aromatic carbocycles. The molecule has 3 unspecified atom stereocenters. The van der Waals surface area contributed by atoms with E-state index in [1.807, 2.05) is 0 Å². The molecule has 19 heavy (non-hydrogen) atoms. The van der Waals surface area contributed by atoms with Gasteiger partial charge in [0.25, 0.3) is 0 Å². The van der Waals surface area contributed by atoms with Gasteiger partial charge in [-0.25, -0.2) is 0 Å². The van der Waals surface area contributed by atoms with Crippen LogP contribution in [-0.2, 0) is 4.79 Å². The van der Waals surface area contributed by atoms with E-state index in [1.54, 1.807) is 0 Å². The highest BCUT2D eigenvalue weighted by Crippen LogP contribution is 2.47. The molecule has 2 fully saturated rings. The summed E-state index contributed by atoms with van der Waals surface area (Å²) in [5.74, 6) is 0.293. The predicted octanol–water partition coefficient (Wildman–Crippen LogP) is 3.24. The lowest BCUT2D eigenvalue weighted by Gasteiger charge is -2.32. The van der Waals surface area contributed by atoms with Gasteiger partial charge in [0.1, 0.15) is 0 Å². The van der Waals surface area contributed by atoms with Crippen molar-refractivity contribution < 1.29 is 9.90 Å². The van der Waals surface area contributed by atoms with E-state index in [2.05, 4.69) is 39.5 Å². The van der Waals surface area contributed by atoms with Gasteiger partial charge in [-0.3, -0.25) is 9.69 Å². The number of carboxylic acids is 1. The molecule has 1 N–H and O–H groups in total. The number of carboxylic acid groups (broad SMARTS) is 1. The lowest BCUT2D eigenvalue weighted by molar-refractivity contribution is -0.151. The molecule has 2 rings (SSSR count). The summed E-state index contributed by atoms with van der Waals surface area (Å²) in [6, 6.07) is 0.579. The molecule has 0 bridgehead atoms. The summed E-state index contributed by atoms with van der Waals surface area (Å²) >= 11 is 0. The van der Waals surface area contributed by atoms with Crippen LogP contribution in [0.15, 0.2) is 0 Å². The molecule has 1 aliphatic carbocycles. The lowest BCUT2D eigenvalue weighted by atomic mass is 9.76. The van der Waals surface area contributed by atoms with Gasteiger partial charge in [-0.15, -0.1) is 0 Å². The Balaban J connectivity index is 2.12. The van der Waals surface area contributed by atoms with E-state index in [1.165, 1.54) is 12.8 Å². The Bertz CT molecular complexity index is 364. The molecule has 1 saturated carbocycles. The average molecular weight is 267 g/mol. The molecule has 0 aromatic heterocycles. The van der Waals surface area contributed by atoms with Crippen molar-refractivity contribution in [1.29, 1.82) is 0 Å². The van der Waals surface area contributed by atoms with Gasteiger partial charge < -0.3 is 5.11 Å². The third-order valence-corrected chi connectivity index (χ3v) is 5.62. The fraction of sp³-hybridized carbons (Fsp3) is 0.938. The SMILES string of the molecule is CC1CC(C)(C)CC1N1CCC(C(=O)O)(C(C)C)C1. The summed E-state index contributed by atoms with van der Waals surface area (Å²) in [5, 5.41) is 9.64. The smallest absolute Gasteiger partial charge is 0.311 e. The van der Waals surface area contributed by atoms with E-state index in [9.17, 15) is 9.90 Å². The molecular formula is C16H29NO2. The topological polar surface area (TPSA) is 40.5 Å². The van der Waals surface area contributed by atoms with Gasteiger partial charge in [-0.1, -0.05) is 34.6 Å². The van der Waals surface area contributed by atoms with Crippen molar-refractivity contribution in [1.82, 2.24) is 4.90 Å². The van der Waals surface area contributed by atoms with Crippen molar-refractivity contribution in [2.45, 2.75) is 59.9 Å². The monoisotopic (exact) mass is 267 g/mol. The number of hydrogen-bond acceptors (Lipinski definition) is 2. The highest BCUT2D eigenvalue weighted by molar-refractivity contribution is 5.75. The molecule has 0 spiro atoms. The molecule has 3 nitrogen and oxygen atoms in total. The molecule has 1 saturated heterocycles. The molecule has 110 valence electrons. The van der Waals surface area contributed by atoms with Crippen molar-refractivity contribution in [3.05, 3.63) is 0 Å². The van der Waals surface area contributed by atoms with E-state index in [0.29, 0.717) is 17.4 Å². The van der Waals surface area contributed by atoms with E-state index in [0.717, 1.165) is 19.5 Å². The minimum absolute atomic E-state index is 0.208. The summed E-state index contributed by atoms with van der Waals surface area (Å²) < 4.78 is 0. The maximum atomic E-state index is 11.7. The normalized spacial score (nSPS) is 39.1. The van der Waals surface area contributed by atoms with Crippen LogP contribution in [-0.4, -0.2) is 35.1 Å². The second-order valence-electron chi connectivity index (χ2n) is 7.95. The third kappa shape index (κ3) is 2.54. The Kier molecular flexibility index (Phi) is 3.72. The maximum Gasteiger partial charge on any atom is 0.311 e. The van der Waals surface area contributed by atoms with Crippen molar-refractivity contribution >= 4 is 5.97 Å². The Morgan fingerprint density at radius 2 is 1.95 bits per heavy atom. The maximum absolute atomic E-state index is 11.7. The molecule has 1 aliphatic heterocycles. The lowest BCUT2D eigenvalue weighted by Crippen LogP contribution is -2.42. The van der Waals surface area contributed by atoms with Gasteiger partial charge in [0.2, 0.25) is 0 Å². The van der Waals surface area contributed by atoms with Crippen molar-refractivity contribution in [3.8, 4) is 0 Å². The molecule has 0 radical (unpaired) electrons. The Hall–Kier alpha value is -0.570. The summed E-state index contributed by atoms with van der Waals surface area (Å²) in [7, 11) is 0. The van der Waals surface area contributed by atoms with Crippen LogP contribution in [0, 0.1) is 22.7 Å². The first-order chi connectivity index (χ1) is 8.68. The number of hydrogen-bond donors (Lipinski definition) is 1. The van der Waals surface area contributed by atoms with Crippen molar-refractivity contribution in [2.75, 3.05) is 13.1 Å². The van der Waals surface area contributed by atoms with Gasteiger partial charge in [0, 0.05) is 12.6 Å². The number of rotatable bonds is 3. The molecule has 3 atom stereocenters. The second kappa shape index (κ2) is 4.76. The van der Waals surface area contributed by atoms with Crippen LogP contribution >= 0.6 is 0 Å². The fourth-order valence-electron chi connectivity index (χ4n) is 4.39. The largest absolute Gasteiger partial charge is 0.481 e. The summed E-state index contributed by atoms with van der Waals surface area (Å²) in [4.78, 5) is 14.2. The quantitative estimate of drug-likeness (QED) is 0.853. The van der Waals surface area contributed by atoms with Crippen LogP contribution < -0.4 is 0 Å². The van der Waals surface area contributed by atoms with E-state index in [4.69, 9.17) is 0 Å². The second-order valence-corrected chi connectivity index (χ2v) is 7.95. The molecule has 2 aliphatic rings. The van der Waals surface area contributed by atoms with Crippen LogP contribution in [0.25, 0.3) is 0 Å². The third-order valence-electron chi connectivity index (χ3n) is 5.62. The predicted molar refractivity (Wildman–Crippen MR) is 77.1 cm³/mol. The van der Waals surface area contributed by atoms with Gasteiger partial charge >= 0.3 is 5.97 Å². The zero-order valence-corrected chi connectivity index (χ0v) is 13.1. The minimum Gasteiger partial charge on any atom is -0.481 e. The van der Waals surface area contributed by atoms with Crippen LogP contribution in [0.1, 0.15) is 53.9 Å². The van der Waals surface area contributed by atoms with Crippen LogP contribution in [0.2, 0.25) is 0 Å². The summed E-state index contributed by atoms with van der Waals surface area (Å²) in [5.41, 5.74) is -0.108. The zero-order chi connectivity index (χ0) is 14.4. The highest BCUT2D eigenvalue weighted by atomic mass is 16.4. The van der Waals surface area contributed by atoms with E-state index in [-0.39, 0.29) is 5.92 Å². The molecular weight excluding hydrogens is 238 g/mol. The molecule has 0 amide bonds. The molecule has 0 aromatic rings. The van der Waals surface area contributed by atoms with Gasteiger partial charge in [0.15, 0.2) is 0 Å². The Morgan fingerprint density at radius 1 is 1.32 bits per heavy atom. The van der Waals surface area contributed by atoms with Crippen LogP contribution in [0.4, 0.5) is 0 Å². The standard InChI is InChI=1S/C16H29NO2/c1-11(2)16(14(18)19)6-7-17(10-16)13-9-15(4,5)8-12(13)3/h11-13H,6-10H2,1-5H3,(H,18,19). The molecule has 1 heterocycles. The first-order valence-electron chi connectivity index (χ1n) is 7.65. The zero-order valence-electron chi connectivity index (χ0n) is 13.1. The first-order valence-corrected chi connectivity index (χ1v) is 7.65. The molecule has 3 heteroatoms. The Morgan fingerprint density at radius 3 is 2.32 bits per heavy atom. The Labute approximate surface area is 117 Å². The summed E-state index contributed by atoms with van der Waals surface area (Å²) in [6.45, 7) is 12.8. The van der Waals surface area contributed by atoms with Gasteiger partial charge in [-0.05, 0) is 43.1 Å². The van der Waals surface area contributed by atoms with Gasteiger partial charge in [-0.2, -0.15) is 0 Å². The number of aliphatic carboxylic acids is 1. The highest BCUT2D eigenvalue weighted by Gasteiger charge is 2.51.